The van der Waals surface area contributed by atoms with E-state index in [9.17, 15) is 9.59 Å². The van der Waals surface area contributed by atoms with Crippen LogP contribution in [0.3, 0.4) is 0 Å². The lowest BCUT2D eigenvalue weighted by Crippen LogP contribution is -2.46. The van der Waals surface area contributed by atoms with Crippen molar-refractivity contribution in [3.05, 3.63) is 0 Å². The van der Waals surface area contributed by atoms with Crippen LogP contribution in [0.15, 0.2) is 0 Å². The van der Waals surface area contributed by atoms with Crippen molar-refractivity contribution in [2.24, 2.45) is 28.6 Å². The maximum atomic E-state index is 11.8. The predicted molar refractivity (Wildman–Crippen MR) is 86.6 cm³/mol. The van der Waals surface area contributed by atoms with Crippen LogP contribution in [0.4, 0.5) is 0 Å². The average molecular weight is 322 g/mol. The molecule has 5 atom stereocenters. The highest BCUT2D eigenvalue weighted by molar-refractivity contribution is 5.67. The monoisotopic (exact) mass is 322 g/mol. The summed E-state index contributed by atoms with van der Waals surface area (Å²) in [5.74, 6) is 1.09. The Morgan fingerprint density at radius 2 is 1.70 bits per heavy atom. The minimum Gasteiger partial charge on any atom is -0.462 e. The van der Waals surface area contributed by atoms with Crippen molar-refractivity contribution in [2.45, 2.75) is 72.3 Å². The Balaban J connectivity index is 1.93. The second-order valence-electron chi connectivity index (χ2n) is 9.17. The van der Waals surface area contributed by atoms with Gasteiger partial charge in [-0.2, -0.15) is 0 Å². The molecule has 130 valence electrons. The first-order chi connectivity index (χ1) is 10.6. The smallest absolute Gasteiger partial charge is 0.303 e. The van der Waals surface area contributed by atoms with E-state index >= 15 is 0 Å². The zero-order chi connectivity index (χ0) is 17.0. The van der Waals surface area contributed by atoms with Crippen LogP contribution in [0.2, 0.25) is 0 Å². The maximum Gasteiger partial charge on any atom is 0.303 e. The molecule has 3 saturated carbocycles. The fraction of sp³-hybridized carbons (Fsp3) is 0.895. The molecule has 0 aliphatic heterocycles. The highest BCUT2D eigenvalue weighted by Crippen LogP contribution is 2.71. The van der Waals surface area contributed by atoms with Crippen molar-refractivity contribution in [1.29, 1.82) is 0 Å². The number of esters is 2. The molecule has 3 aliphatic carbocycles. The van der Waals surface area contributed by atoms with Crippen molar-refractivity contribution in [2.75, 3.05) is 6.61 Å². The molecule has 0 bridgehead atoms. The number of fused-ring (bicyclic) bond motifs is 3. The van der Waals surface area contributed by atoms with E-state index in [-0.39, 0.29) is 24.0 Å². The van der Waals surface area contributed by atoms with Gasteiger partial charge in [0.2, 0.25) is 0 Å². The second kappa shape index (κ2) is 5.22. The largest absolute Gasteiger partial charge is 0.462 e. The molecule has 0 spiro atoms. The lowest BCUT2D eigenvalue weighted by Gasteiger charge is -2.40. The summed E-state index contributed by atoms with van der Waals surface area (Å²) in [6.07, 6.45) is 5.47. The topological polar surface area (TPSA) is 52.6 Å². The van der Waals surface area contributed by atoms with Gasteiger partial charge in [-0.3, -0.25) is 9.59 Å². The van der Waals surface area contributed by atoms with E-state index in [0.717, 1.165) is 25.2 Å². The number of rotatable bonds is 3. The molecule has 0 aromatic carbocycles. The number of carbonyl (C=O) groups is 2. The lowest BCUT2D eigenvalue weighted by atomic mass is 9.72. The first-order valence-electron chi connectivity index (χ1n) is 8.91. The summed E-state index contributed by atoms with van der Waals surface area (Å²) in [4.78, 5) is 23.1. The molecule has 23 heavy (non-hydrogen) atoms. The molecule has 0 heterocycles. The summed E-state index contributed by atoms with van der Waals surface area (Å²) >= 11 is 0. The van der Waals surface area contributed by atoms with E-state index in [2.05, 4.69) is 20.8 Å². The SMILES string of the molecule is CC(=O)OC[C@]1(OC(C)=O)CCC2C1CC(C)(C)CC1C[C@]12C. The van der Waals surface area contributed by atoms with E-state index in [4.69, 9.17) is 9.47 Å². The van der Waals surface area contributed by atoms with Crippen LogP contribution in [0.1, 0.15) is 66.7 Å². The summed E-state index contributed by atoms with van der Waals surface area (Å²) in [5, 5.41) is 0. The van der Waals surface area contributed by atoms with Crippen molar-refractivity contribution >= 4 is 11.9 Å². The summed E-state index contributed by atoms with van der Waals surface area (Å²) in [5.41, 5.74) is 0.00426. The fourth-order valence-corrected chi connectivity index (χ4v) is 5.69. The van der Waals surface area contributed by atoms with E-state index in [1.165, 1.54) is 26.7 Å². The van der Waals surface area contributed by atoms with Crippen molar-refractivity contribution < 1.29 is 19.1 Å². The summed E-state index contributed by atoms with van der Waals surface area (Å²) in [7, 11) is 0. The normalized spacial score (nSPS) is 43.8. The summed E-state index contributed by atoms with van der Waals surface area (Å²) < 4.78 is 11.2. The third kappa shape index (κ3) is 2.89. The minimum atomic E-state index is -0.625. The van der Waals surface area contributed by atoms with Gasteiger partial charge in [-0.05, 0) is 54.8 Å². The van der Waals surface area contributed by atoms with Gasteiger partial charge in [-0.15, -0.1) is 0 Å². The van der Waals surface area contributed by atoms with Crippen LogP contribution in [0, 0.1) is 28.6 Å². The predicted octanol–water partition coefficient (Wildman–Crippen LogP) is 3.72. The van der Waals surface area contributed by atoms with Gasteiger partial charge in [0.15, 0.2) is 0 Å². The maximum absolute atomic E-state index is 11.8. The third-order valence-electron chi connectivity index (χ3n) is 6.78. The number of ether oxygens (including phenoxy) is 2. The van der Waals surface area contributed by atoms with Crippen molar-refractivity contribution in [3.63, 3.8) is 0 Å². The molecular formula is C19H30O4. The second-order valence-corrected chi connectivity index (χ2v) is 9.17. The van der Waals surface area contributed by atoms with Gasteiger partial charge in [0.1, 0.15) is 12.2 Å². The highest BCUT2D eigenvalue weighted by atomic mass is 16.6. The molecule has 3 fully saturated rings. The molecule has 0 N–H and O–H groups in total. The van der Waals surface area contributed by atoms with Crippen LogP contribution in [-0.4, -0.2) is 24.1 Å². The number of hydrogen-bond donors (Lipinski definition) is 0. The molecule has 3 unspecified atom stereocenters. The molecule has 0 radical (unpaired) electrons. The number of carbonyl (C=O) groups excluding carboxylic acids is 2. The van der Waals surface area contributed by atoms with Crippen LogP contribution >= 0.6 is 0 Å². The Hall–Kier alpha value is -1.06. The quantitative estimate of drug-likeness (QED) is 0.743. The van der Waals surface area contributed by atoms with Gasteiger partial charge in [0.25, 0.3) is 0 Å². The molecule has 0 aromatic rings. The summed E-state index contributed by atoms with van der Waals surface area (Å²) in [6.45, 7) is 10.2. The van der Waals surface area contributed by atoms with E-state index in [1.807, 2.05) is 0 Å². The zero-order valence-electron chi connectivity index (χ0n) is 15.1. The lowest BCUT2D eigenvalue weighted by molar-refractivity contribution is -0.178. The van der Waals surface area contributed by atoms with Gasteiger partial charge in [0.05, 0.1) is 0 Å². The molecule has 0 aromatic heterocycles. The van der Waals surface area contributed by atoms with Gasteiger partial charge < -0.3 is 9.47 Å². The van der Waals surface area contributed by atoms with Crippen molar-refractivity contribution in [3.8, 4) is 0 Å². The van der Waals surface area contributed by atoms with E-state index < -0.39 is 5.60 Å². The zero-order valence-corrected chi connectivity index (χ0v) is 15.1. The first-order valence-corrected chi connectivity index (χ1v) is 8.91. The van der Waals surface area contributed by atoms with E-state index in [0.29, 0.717) is 17.3 Å². The van der Waals surface area contributed by atoms with Crippen LogP contribution in [0.25, 0.3) is 0 Å². The Morgan fingerprint density at radius 3 is 2.30 bits per heavy atom. The number of hydrogen-bond acceptors (Lipinski definition) is 4. The minimum absolute atomic E-state index is 0.208. The van der Waals surface area contributed by atoms with Gasteiger partial charge in [-0.1, -0.05) is 20.8 Å². The molecule has 4 heteroatoms. The molecular weight excluding hydrogens is 292 g/mol. The molecule has 0 saturated heterocycles. The van der Waals surface area contributed by atoms with Crippen LogP contribution in [-0.2, 0) is 19.1 Å². The Kier molecular flexibility index (Phi) is 3.81. The molecule has 3 aliphatic rings. The standard InChI is InChI=1S/C19H30O4/c1-12(20)22-11-19(23-13(2)21)7-6-15-16(19)10-17(3,4)8-14-9-18(14,15)5/h14-16H,6-11H2,1-5H3/t14?,15?,16?,18-,19-/m1/s1. The Morgan fingerprint density at radius 1 is 1.00 bits per heavy atom. The highest BCUT2D eigenvalue weighted by Gasteiger charge is 2.67. The molecule has 4 nitrogen and oxygen atoms in total. The van der Waals surface area contributed by atoms with Crippen LogP contribution in [0.5, 0.6) is 0 Å². The van der Waals surface area contributed by atoms with E-state index in [1.54, 1.807) is 0 Å². The molecule has 3 rings (SSSR count). The summed E-state index contributed by atoms with van der Waals surface area (Å²) in [6, 6.07) is 0. The average Bonchev–Trinajstić information content (AvgIpc) is 2.91. The van der Waals surface area contributed by atoms with Gasteiger partial charge >= 0.3 is 11.9 Å². The molecule has 0 amide bonds. The van der Waals surface area contributed by atoms with Crippen LogP contribution < -0.4 is 0 Å². The van der Waals surface area contributed by atoms with Gasteiger partial charge in [0, 0.05) is 19.8 Å². The fourth-order valence-electron chi connectivity index (χ4n) is 5.69. The third-order valence-corrected chi connectivity index (χ3v) is 6.78. The van der Waals surface area contributed by atoms with Gasteiger partial charge in [-0.25, -0.2) is 0 Å². The Bertz CT molecular complexity index is 525. The first kappa shape index (κ1) is 16.8. The Labute approximate surface area is 139 Å². The van der Waals surface area contributed by atoms with Crippen molar-refractivity contribution in [1.82, 2.24) is 0 Å².